The van der Waals surface area contributed by atoms with Crippen LogP contribution in [0.4, 0.5) is 28.6 Å². The topological polar surface area (TPSA) is 300 Å². The molecule has 8 N–H and O–H groups in total. The second-order valence-electron chi connectivity index (χ2n) is 18.8. The Labute approximate surface area is 457 Å². The second kappa shape index (κ2) is 28.6. The van der Waals surface area contributed by atoms with Gasteiger partial charge in [0.25, 0.3) is 17.1 Å². The van der Waals surface area contributed by atoms with Crippen LogP contribution in [0.3, 0.4) is 0 Å². The maximum absolute atomic E-state index is 13.7. The monoisotopic (exact) mass is 1130 g/mol. The summed E-state index contributed by atoms with van der Waals surface area (Å²) in [5, 5.41) is 22.2. The maximum atomic E-state index is 13.7. The van der Waals surface area contributed by atoms with Crippen molar-refractivity contribution in [1.82, 2.24) is 47.3 Å². The molecule has 27 heteroatoms. The normalized spacial score (nSPS) is 19.6. The molecule has 1 unspecified atom stereocenters. The third-order valence-electron chi connectivity index (χ3n) is 13.1. The fourth-order valence-corrected chi connectivity index (χ4v) is 11.3. The molecule has 0 aliphatic carbocycles. The number of nitrogens with one attached hydrogen (secondary N) is 7. The number of hydrazine groups is 1. The largest absolute Gasteiger partial charge is 0.508 e. The van der Waals surface area contributed by atoms with Crippen molar-refractivity contribution >= 4 is 70.1 Å². The number of alkyl halides is 3. The standard InChI is InChI=1S/C51H65F3N10O12S2/c1-63(41-29-35(65)16-19-55-41)20-23-76-36-14-8-32(9-15-36)28-40-47(70)64(49(72)78-40)43(67)30-37(58-45(68)33-10-12-34(13-11-33)50(61-62-50)51(52,53)54)46(69)57-18-5-22-74-25-27-75-26-24-73-21-4-17-56-42(66)7-3-2-6-39-44-38(31-77-39)59-48(71)60-44/h8-16,19,29,37-40,44,61-62H,2-7,17-18,20-28,30-31H2,1H3,(H,55,65)(H,56,66)(H,57,69)(H,58,68)(H2,59,60,71)/t37-,38+,39+,40?,44+/m1/s1. The molecule has 0 saturated carbocycles. The molecule has 0 radical (unpaired) electrons. The van der Waals surface area contributed by atoms with Crippen LogP contribution in [0.2, 0.25) is 0 Å². The van der Waals surface area contributed by atoms with Gasteiger partial charge in [-0.25, -0.2) is 25.5 Å². The number of aromatic nitrogens is 1. The number of carbonyl (C=O) groups excluding carboxylic acids is 7. The average molecular weight is 1130 g/mol. The molecular formula is C51H65F3N10O12S2. The average Bonchev–Trinajstić information content (AvgIpc) is 4.16. The molecule has 3 aromatic rings. The Bertz CT molecular complexity index is 2550. The summed E-state index contributed by atoms with van der Waals surface area (Å²) >= 11 is 2.51. The number of amides is 8. The minimum Gasteiger partial charge on any atom is -0.508 e. The second-order valence-corrected chi connectivity index (χ2v) is 21.2. The zero-order valence-electron chi connectivity index (χ0n) is 42.9. The van der Waals surface area contributed by atoms with Gasteiger partial charge in [-0.15, -0.1) is 0 Å². The summed E-state index contributed by atoms with van der Waals surface area (Å²) < 4.78 is 63.5. The van der Waals surface area contributed by atoms with Crippen molar-refractivity contribution < 1.29 is 70.8 Å². The Morgan fingerprint density at radius 2 is 1.55 bits per heavy atom. The third-order valence-corrected chi connectivity index (χ3v) is 15.6. The van der Waals surface area contributed by atoms with Crippen LogP contribution in [-0.2, 0) is 45.5 Å². The van der Waals surface area contributed by atoms with Crippen LogP contribution < -0.4 is 47.1 Å². The van der Waals surface area contributed by atoms with Crippen molar-refractivity contribution in [2.75, 3.05) is 83.6 Å². The van der Waals surface area contributed by atoms with E-state index in [1.165, 1.54) is 18.3 Å². The van der Waals surface area contributed by atoms with Crippen LogP contribution >= 0.6 is 23.5 Å². The van der Waals surface area contributed by atoms with Crippen LogP contribution in [0.1, 0.15) is 66.4 Å². The number of halogens is 3. The molecule has 2 aromatic carbocycles. The Morgan fingerprint density at radius 1 is 0.872 bits per heavy atom. The van der Waals surface area contributed by atoms with Crippen LogP contribution in [0.15, 0.2) is 66.9 Å². The number of urea groups is 1. The highest BCUT2D eigenvalue weighted by Gasteiger charge is 2.65. The highest BCUT2D eigenvalue weighted by molar-refractivity contribution is 8.15. The van der Waals surface area contributed by atoms with E-state index in [1.807, 2.05) is 16.7 Å². The third kappa shape index (κ3) is 16.9. The number of pyridine rings is 1. The van der Waals surface area contributed by atoms with Gasteiger partial charge in [0.15, 0.2) is 0 Å². The summed E-state index contributed by atoms with van der Waals surface area (Å²) in [6.07, 6.45) is 0.171. The number of thioether (sulfide) groups is 2. The first-order valence-corrected chi connectivity index (χ1v) is 27.6. The number of hydrogen-bond donors (Lipinski definition) is 8. The summed E-state index contributed by atoms with van der Waals surface area (Å²) in [5.74, 6) is -1.46. The molecule has 7 rings (SSSR count). The lowest BCUT2D eigenvalue weighted by Crippen LogP contribution is -2.50. The highest BCUT2D eigenvalue weighted by Crippen LogP contribution is 2.42. The lowest BCUT2D eigenvalue weighted by atomic mass is 10.0. The van der Waals surface area contributed by atoms with Gasteiger partial charge in [0, 0.05) is 68.6 Å². The number of ether oxygens (including phenoxy) is 4. The van der Waals surface area contributed by atoms with Crippen LogP contribution in [0.5, 0.6) is 11.5 Å². The number of rotatable bonds is 32. The fraction of sp³-hybridized carbons (Fsp3) is 0.529. The Morgan fingerprint density at radius 3 is 2.22 bits per heavy atom. The first-order valence-electron chi connectivity index (χ1n) is 25.7. The van der Waals surface area contributed by atoms with Gasteiger partial charge in [-0.2, -0.15) is 24.9 Å². The zero-order chi connectivity index (χ0) is 55.7. The van der Waals surface area contributed by atoms with E-state index in [2.05, 4.69) is 42.4 Å². The van der Waals surface area contributed by atoms with Crippen molar-refractivity contribution in [3.63, 3.8) is 0 Å². The van der Waals surface area contributed by atoms with Gasteiger partial charge < -0.3 is 55.5 Å². The van der Waals surface area contributed by atoms with Gasteiger partial charge in [-0.05, 0) is 73.6 Å². The smallest absolute Gasteiger partial charge is 0.426 e. The van der Waals surface area contributed by atoms with Crippen molar-refractivity contribution in [3.8, 4) is 11.5 Å². The van der Waals surface area contributed by atoms with E-state index in [9.17, 15) is 51.8 Å². The number of fused-ring (bicyclic) bond motifs is 1. The van der Waals surface area contributed by atoms with Crippen molar-refractivity contribution in [2.45, 2.75) is 91.8 Å². The first kappa shape index (κ1) is 59.4. The lowest BCUT2D eigenvalue weighted by Gasteiger charge is -2.21. The molecule has 4 aliphatic rings. The SMILES string of the molecule is CN(CCOc1ccc(CC2SC(=O)N(C(=O)C[C@@H](NC(=O)c3ccc(C4(C(F)(F)F)NN4)cc3)C(=O)NCCCOCCOCCOCCCNC(=O)CCCC[C@@H]3SC[C@@H]4NC(=O)N[C@@H]43)C2=O)cc1)c1cc(O)ccn1. The van der Waals surface area contributed by atoms with Gasteiger partial charge in [0.1, 0.15) is 30.0 Å². The van der Waals surface area contributed by atoms with Crippen molar-refractivity contribution in [1.29, 1.82) is 0 Å². The molecule has 0 bridgehead atoms. The van der Waals surface area contributed by atoms with E-state index in [-0.39, 0.29) is 73.7 Å². The van der Waals surface area contributed by atoms with Crippen molar-refractivity contribution in [3.05, 3.63) is 83.6 Å². The van der Waals surface area contributed by atoms with Gasteiger partial charge in [0.2, 0.25) is 23.4 Å². The highest BCUT2D eigenvalue weighted by atomic mass is 32.2. The number of hydrogen-bond acceptors (Lipinski definition) is 18. The number of imide groups is 3. The predicted molar refractivity (Wildman–Crippen MR) is 281 cm³/mol. The van der Waals surface area contributed by atoms with Crippen LogP contribution in [-0.4, -0.2) is 169 Å². The maximum Gasteiger partial charge on any atom is 0.426 e. The minimum atomic E-state index is -4.69. The molecule has 5 heterocycles. The van der Waals surface area contributed by atoms with E-state index >= 15 is 0 Å². The summed E-state index contributed by atoms with van der Waals surface area (Å²) in [4.78, 5) is 97.7. The molecule has 4 aliphatic heterocycles. The van der Waals surface area contributed by atoms with Gasteiger partial charge >= 0.3 is 12.2 Å². The van der Waals surface area contributed by atoms with Crippen LogP contribution in [0, 0.1) is 0 Å². The molecule has 1 aromatic heterocycles. The molecule has 5 atom stereocenters. The van der Waals surface area contributed by atoms with Crippen LogP contribution in [0.25, 0.3) is 0 Å². The van der Waals surface area contributed by atoms with Gasteiger partial charge in [-0.1, -0.05) is 42.4 Å². The molecular weight excluding hydrogens is 1070 g/mol. The molecule has 8 amide bonds. The Kier molecular flexibility index (Phi) is 21.8. The Hall–Kier alpha value is -6.23. The number of benzene rings is 2. The molecule has 0 spiro atoms. The first-order chi connectivity index (χ1) is 37.5. The molecule has 424 valence electrons. The lowest BCUT2D eigenvalue weighted by molar-refractivity contribution is -0.165. The summed E-state index contributed by atoms with van der Waals surface area (Å²) in [7, 11) is 1.80. The van der Waals surface area contributed by atoms with Gasteiger partial charge in [-0.3, -0.25) is 28.8 Å². The summed E-state index contributed by atoms with van der Waals surface area (Å²) in [6.45, 7) is 3.15. The predicted octanol–water partition coefficient (Wildman–Crippen LogP) is 3.24. The number of unbranched alkanes of at least 4 members (excludes halogenated alkanes) is 1. The Balaban J connectivity index is 0.785. The van der Waals surface area contributed by atoms with E-state index in [0.717, 1.165) is 49.3 Å². The van der Waals surface area contributed by atoms with E-state index in [4.69, 9.17) is 18.9 Å². The number of anilines is 1. The minimum absolute atomic E-state index is 0.00245. The molecule has 4 fully saturated rings. The number of carbonyl (C=O) groups is 7. The molecule has 4 saturated heterocycles. The van der Waals surface area contributed by atoms with E-state index in [0.29, 0.717) is 97.8 Å². The van der Waals surface area contributed by atoms with Crippen molar-refractivity contribution in [2.24, 2.45) is 0 Å². The summed E-state index contributed by atoms with van der Waals surface area (Å²) in [6, 6.07) is 12.9. The van der Waals surface area contributed by atoms with E-state index in [1.54, 1.807) is 31.3 Å². The molecule has 78 heavy (non-hydrogen) atoms. The fourth-order valence-electron chi connectivity index (χ4n) is 8.70. The zero-order valence-corrected chi connectivity index (χ0v) is 44.5. The summed E-state index contributed by atoms with van der Waals surface area (Å²) in [5.41, 5.74) is 2.02. The number of aromatic hydroxyl groups is 1. The van der Waals surface area contributed by atoms with Gasteiger partial charge in [0.05, 0.1) is 56.7 Å². The number of likely N-dealkylation sites (N-methyl/N-ethyl adjacent to an activating group) is 1. The molecule has 22 nitrogen and oxygen atoms in total. The quantitative estimate of drug-likeness (QED) is 0.0253. The van der Waals surface area contributed by atoms with E-state index < -0.39 is 58.4 Å². The number of nitrogens with zero attached hydrogens (tertiary/aromatic N) is 3.